The Morgan fingerprint density at radius 3 is 2.29 bits per heavy atom. The van der Waals surface area contributed by atoms with E-state index in [1.807, 2.05) is 0 Å². The van der Waals surface area contributed by atoms with E-state index in [4.69, 9.17) is 4.74 Å². The van der Waals surface area contributed by atoms with Crippen molar-refractivity contribution in [2.45, 2.75) is 6.92 Å². The van der Waals surface area contributed by atoms with Gasteiger partial charge >= 0.3 is 0 Å². The number of carbonyl (C=O) groups excluding carboxylic acids is 1. The minimum absolute atomic E-state index is 0.0320. The summed E-state index contributed by atoms with van der Waals surface area (Å²) in [7, 11) is 1.27. The maximum absolute atomic E-state index is 11.2. The maximum atomic E-state index is 11.2. The van der Waals surface area contributed by atoms with Crippen molar-refractivity contribution >= 4 is 29.2 Å². The number of ketones is 1. The van der Waals surface area contributed by atoms with Crippen LogP contribution in [0.25, 0.3) is 23.4 Å². The largest absolute Gasteiger partial charge is 0.507 e. The molecule has 0 unspecified atom stereocenters. The number of hydrogen-bond donors (Lipinski definition) is 4. The van der Waals surface area contributed by atoms with Gasteiger partial charge in [-0.05, 0) is 13.0 Å². The van der Waals surface area contributed by atoms with Crippen LogP contribution < -0.4 is 15.2 Å². The number of methoxy groups -OCH3 is 1. The lowest BCUT2D eigenvalue weighted by Gasteiger charge is -2.12. The summed E-state index contributed by atoms with van der Waals surface area (Å²) in [6.07, 6.45) is 1.08. The van der Waals surface area contributed by atoms with Gasteiger partial charge in [0.1, 0.15) is 17.2 Å². The fraction of sp³-hybridized carbons (Fsp3) is 0.133. The number of benzene rings is 2. The lowest BCUT2D eigenvalue weighted by Crippen LogP contribution is -2.25. The number of phenols is 4. The van der Waals surface area contributed by atoms with E-state index in [1.54, 1.807) is 0 Å². The van der Waals surface area contributed by atoms with Crippen LogP contribution in [0.4, 0.5) is 0 Å². The van der Waals surface area contributed by atoms with Gasteiger partial charge in [-0.15, -0.1) is 0 Å². The van der Waals surface area contributed by atoms with Crippen LogP contribution >= 0.6 is 0 Å². The highest BCUT2D eigenvalue weighted by atomic mass is 16.5. The molecule has 0 aromatic heterocycles. The van der Waals surface area contributed by atoms with Gasteiger partial charge in [0.2, 0.25) is 0 Å². The van der Waals surface area contributed by atoms with Crippen LogP contribution in [0.5, 0.6) is 28.7 Å². The molecule has 21 heavy (non-hydrogen) atoms. The number of ether oxygens (including phenoxy) is 1. The second kappa shape index (κ2) is 4.90. The third kappa shape index (κ3) is 2.10. The van der Waals surface area contributed by atoms with E-state index in [2.05, 4.69) is 6.58 Å². The van der Waals surface area contributed by atoms with Crippen molar-refractivity contribution in [2.24, 2.45) is 0 Å². The summed E-state index contributed by atoms with van der Waals surface area (Å²) in [6, 6.07) is 1.10. The molecule has 0 aliphatic rings. The van der Waals surface area contributed by atoms with Gasteiger partial charge in [-0.2, -0.15) is 0 Å². The third-order valence-electron chi connectivity index (χ3n) is 3.15. The molecule has 0 spiro atoms. The molecule has 0 bridgehead atoms. The average Bonchev–Trinajstić information content (AvgIpc) is 2.42. The smallest absolute Gasteiger partial charge is 0.169 e. The first-order valence-corrected chi connectivity index (χ1v) is 5.97. The molecule has 2 aromatic rings. The van der Waals surface area contributed by atoms with E-state index in [-0.39, 0.29) is 32.7 Å². The normalized spacial score (nSPS) is 11.8. The molecule has 0 aliphatic heterocycles. The number of hydrogen-bond acceptors (Lipinski definition) is 6. The van der Waals surface area contributed by atoms with Crippen LogP contribution in [0.2, 0.25) is 0 Å². The Balaban J connectivity index is 3.19. The van der Waals surface area contributed by atoms with Crippen molar-refractivity contribution in [2.75, 3.05) is 7.11 Å². The molecule has 0 saturated carbocycles. The quantitative estimate of drug-likeness (QED) is 0.598. The number of rotatable bonds is 2. The minimum atomic E-state index is -0.477. The van der Waals surface area contributed by atoms with Gasteiger partial charge in [0.15, 0.2) is 17.3 Å². The molecular weight excluding hydrogens is 276 g/mol. The molecular formula is C15H14O6. The first-order chi connectivity index (χ1) is 9.79. The molecule has 0 amide bonds. The SMILES string of the molecule is C=c1c(O)c2c(O)cc(OC)c(O)c2c(O)c1=CC(C)=O. The zero-order valence-corrected chi connectivity index (χ0v) is 11.5. The first-order valence-electron chi connectivity index (χ1n) is 5.97. The molecule has 0 atom stereocenters. The van der Waals surface area contributed by atoms with Crippen molar-refractivity contribution < 1.29 is 30.0 Å². The first kappa shape index (κ1) is 14.5. The summed E-state index contributed by atoms with van der Waals surface area (Å²) in [4.78, 5) is 11.2. The van der Waals surface area contributed by atoms with Crippen molar-refractivity contribution in [3.05, 3.63) is 16.5 Å². The van der Waals surface area contributed by atoms with E-state index in [9.17, 15) is 25.2 Å². The zero-order valence-electron chi connectivity index (χ0n) is 11.5. The van der Waals surface area contributed by atoms with Crippen LogP contribution in [0.1, 0.15) is 6.92 Å². The Morgan fingerprint density at radius 1 is 1.14 bits per heavy atom. The van der Waals surface area contributed by atoms with Gasteiger partial charge in [0.05, 0.1) is 17.9 Å². The summed E-state index contributed by atoms with van der Waals surface area (Å²) >= 11 is 0. The molecule has 4 N–H and O–H groups in total. The molecule has 0 fully saturated rings. The highest BCUT2D eigenvalue weighted by Crippen LogP contribution is 2.45. The number of carbonyl (C=O) groups is 1. The van der Waals surface area contributed by atoms with Crippen molar-refractivity contribution in [1.29, 1.82) is 0 Å². The Kier molecular flexibility index (Phi) is 3.39. The van der Waals surface area contributed by atoms with Gasteiger partial charge in [-0.25, -0.2) is 0 Å². The Morgan fingerprint density at radius 2 is 1.76 bits per heavy atom. The molecule has 2 aromatic carbocycles. The van der Waals surface area contributed by atoms with Crippen molar-refractivity contribution in [3.8, 4) is 28.7 Å². The number of phenolic OH excluding ortho intramolecular Hbond substituents is 4. The van der Waals surface area contributed by atoms with Crippen molar-refractivity contribution in [3.63, 3.8) is 0 Å². The second-order valence-corrected chi connectivity index (χ2v) is 4.54. The monoisotopic (exact) mass is 290 g/mol. The Labute approximate surface area is 119 Å². The van der Waals surface area contributed by atoms with E-state index < -0.39 is 23.0 Å². The molecule has 6 nitrogen and oxygen atoms in total. The average molecular weight is 290 g/mol. The van der Waals surface area contributed by atoms with Gasteiger partial charge in [-0.3, -0.25) is 4.79 Å². The van der Waals surface area contributed by atoms with Gasteiger partial charge in [0, 0.05) is 16.5 Å². The fourth-order valence-corrected chi connectivity index (χ4v) is 2.18. The topological polar surface area (TPSA) is 107 Å². The summed E-state index contributed by atoms with van der Waals surface area (Å²) in [5.74, 6) is -2.23. The summed E-state index contributed by atoms with van der Waals surface area (Å²) in [6.45, 7) is 4.85. The molecule has 6 heteroatoms. The second-order valence-electron chi connectivity index (χ2n) is 4.54. The van der Waals surface area contributed by atoms with Crippen LogP contribution in [-0.2, 0) is 4.79 Å². The highest BCUT2D eigenvalue weighted by Gasteiger charge is 2.20. The summed E-state index contributed by atoms with van der Waals surface area (Å²) in [5.41, 5.74) is 0. The van der Waals surface area contributed by atoms with Crippen molar-refractivity contribution in [1.82, 2.24) is 0 Å². The standard InChI is InChI=1S/C15H14O6/c1-6(16)4-8-7(2)13(18)11-9(17)5-10(21-3)15(20)12(11)14(8)19/h4-5,17-20H,2H2,1,3H3. The lowest BCUT2D eigenvalue weighted by atomic mass is 10.0. The Hall–Kier alpha value is -2.89. The van der Waals surface area contributed by atoms with Crippen LogP contribution in [0.3, 0.4) is 0 Å². The Bertz CT molecular complexity index is 867. The molecule has 0 heterocycles. The maximum Gasteiger partial charge on any atom is 0.169 e. The molecule has 110 valence electrons. The predicted molar refractivity (Wildman–Crippen MR) is 77.1 cm³/mol. The molecule has 0 radical (unpaired) electrons. The van der Waals surface area contributed by atoms with E-state index in [0.717, 1.165) is 12.1 Å². The van der Waals surface area contributed by atoms with Gasteiger partial charge < -0.3 is 25.2 Å². The number of Topliss-reactive ketones (excluding diaryl/α,β-unsaturated/α-hetero) is 1. The van der Waals surface area contributed by atoms with E-state index in [1.165, 1.54) is 14.0 Å². The van der Waals surface area contributed by atoms with Crippen LogP contribution in [-0.4, -0.2) is 33.3 Å². The molecule has 0 saturated heterocycles. The van der Waals surface area contributed by atoms with Crippen LogP contribution in [0.15, 0.2) is 6.07 Å². The minimum Gasteiger partial charge on any atom is -0.507 e. The van der Waals surface area contributed by atoms with E-state index in [0.29, 0.717) is 0 Å². The molecule has 0 aliphatic carbocycles. The zero-order chi connectivity index (χ0) is 15.9. The van der Waals surface area contributed by atoms with Crippen LogP contribution in [0, 0.1) is 0 Å². The highest BCUT2D eigenvalue weighted by molar-refractivity contribution is 6.08. The van der Waals surface area contributed by atoms with Gasteiger partial charge in [0.25, 0.3) is 0 Å². The summed E-state index contributed by atoms with van der Waals surface area (Å²) < 4.78 is 4.88. The van der Waals surface area contributed by atoms with E-state index >= 15 is 0 Å². The van der Waals surface area contributed by atoms with Gasteiger partial charge in [-0.1, -0.05) is 6.58 Å². The summed E-state index contributed by atoms with van der Waals surface area (Å²) in [5, 5.41) is 40.0. The predicted octanol–water partition coefficient (Wildman–Crippen LogP) is 0.451. The fourth-order valence-electron chi connectivity index (χ4n) is 2.18. The number of fused-ring (bicyclic) bond motifs is 1. The lowest BCUT2D eigenvalue weighted by molar-refractivity contribution is -0.111. The molecule has 2 rings (SSSR count). The third-order valence-corrected chi connectivity index (χ3v) is 3.15. The number of aromatic hydroxyl groups is 4.